The van der Waals surface area contributed by atoms with Crippen molar-refractivity contribution in [1.29, 1.82) is 0 Å². The number of aliphatic hydroxyl groups is 5. The van der Waals surface area contributed by atoms with Crippen LogP contribution in [0.25, 0.3) is 0 Å². The molecule has 0 aliphatic rings. The Bertz CT molecular complexity index is 121. The van der Waals surface area contributed by atoms with E-state index in [4.69, 9.17) is 25.5 Å². The molecule has 0 spiro atoms. The Morgan fingerprint density at radius 2 is 1.58 bits per heavy atom. The minimum atomic E-state index is -2.33. The molecular formula is C6H13FO5. The van der Waals surface area contributed by atoms with Gasteiger partial charge in [-0.25, -0.2) is 4.39 Å². The fourth-order valence-electron chi connectivity index (χ4n) is 0.692. The van der Waals surface area contributed by atoms with Gasteiger partial charge in [-0.15, -0.1) is 0 Å². The summed E-state index contributed by atoms with van der Waals surface area (Å²) < 4.78 is 12.5. The lowest BCUT2D eigenvalue weighted by Gasteiger charge is -2.21. The lowest BCUT2D eigenvalue weighted by Crippen LogP contribution is -2.42. The van der Waals surface area contributed by atoms with E-state index in [0.717, 1.165) is 0 Å². The van der Waals surface area contributed by atoms with Crippen LogP contribution in [0.1, 0.15) is 6.42 Å². The second kappa shape index (κ2) is 5.39. The molecule has 0 aliphatic heterocycles. The molecule has 0 aromatic carbocycles. The lowest BCUT2D eigenvalue weighted by molar-refractivity contribution is -0.150. The Balaban J connectivity index is 3.90. The fraction of sp³-hybridized carbons (Fsp3) is 1.00. The van der Waals surface area contributed by atoms with E-state index in [0.29, 0.717) is 0 Å². The first-order chi connectivity index (χ1) is 5.50. The van der Waals surface area contributed by atoms with Gasteiger partial charge in [-0.05, 0) is 6.42 Å². The van der Waals surface area contributed by atoms with E-state index >= 15 is 0 Å². The molecule has 6 heteroatoms. The van der Waals surface area contributed by atoms with Gasteiger partial charge in [-0.1, -0.05) is 0 Å². The minimum absolute atomic E-state index is 0.214. The van der Waals surface area contributed by atoms with Crippen LogP contribution in [0.2, 0.25) is 0 Å². The highest BCUT2D eigenvalue weighted by Crippen LogP contribution is 2.09. The molecule has 0 fully saturated rings. The summed E-state index contributed by atoms with van der Waals surface area (Å²) in [6.45, 7) is -0.410. The third kappa shape index (κ3) is 3.42. The van der Waals surface area contributed by atoms with Gasteiger partial charge in [0, 0.05) is 6.61 Å². The molecular weight excluding hydrogens is 171 g/mol. The van der Waals surface area contributed by atoms with Crippen LogP contribution in [-0.4, -0.2) is 56.8 Å². The van der Waals surface area contributed by atoms with Crippen molar-refractivity contribution in [2.24, 2.45) is 0 Å². The molecule has 0 amide bonds. The maximum Gasteiger partial charge on any atom is 0.186 e. The van der Waals surface area contributed by atoms with Gasteiger partial charge in [0.15, 0.2) is 12.5 Å². The lowest BCUT2D eigenvalue weighted by atomic mass is 10.1. The first-order valence-corrected chi connectivity index (χ1v) is 3.48. The number of hydrogen-bond donors (Lipinski definition) is 5. The molecule has 0 heterocycles. The molecule has 0 aromatic heterocycles. The molecule has 0 rings (SSSR count). The first kappa shape index (κ1) is 11.7. The van der Waals surface area contributed by atoms with Crippen LogP contribution in [0.3, 0.4) is 0 Å². The van der Waals surface area contributed by atoms with Crippen molar-refractivity contribution in [2.45, 2.75) is 31.1 Å². The molecule has 0 aliphatic carbocycles. The van der Waals surface area contributed by atoms with E-state index < -0.39 is 31.3 Å². The van der Waals surface area contributed by atoms with Gasteiger partial charge in [0.1, 0.15) is 6.10 Å². The molecule has 0 radical (unpaired) electrons. The number of aliphatic hydroxyl groups excluding tert-OH is 4. The SMILES string of the molecule is OCCC(O)C(O)C(F)C(O)O. The molecule has 0 saturated carbocycles. The van der Waals surface area contributed by atoms with Gasteiger partial charge in [0.05, 0.1) is 6.10 Å². The second-order valence-corrected chi connectivity index (χ2v) is 2.43. The standard InChI is InChI=1S/C6H13FO5/c7-4(6(11)12)5(10)3(9)1-2-8/h3-6,8-12H,1-2H2. The average Bonchev–Trinajstić information content (AvgIpc) is 2.02. The Labute approximate surface area is 68.7 Å². The monoisotopic (exact) mass is 184 g/mol. The molecule has 0 saturated heterocycles. The number of halogens is 1. The molecule has 0 aromatic rings. The normalized spacial score (nSPS) is 19.2. The van der Waals surface area contributed by atoms with Crippen molar-refractivity contribution in [3.63, 3.8) is 0 Å². The molecule has 74 valence electrons. The minimum Gasteiger partial charge on any atom is -0.396 e. The fourth-order valence-corrected chi connectivity index (χ4v) is 0.692. The third-order valence-electron chi connectivity index (χ3n) is 1.43. The molecule has 3 atom stereocenters. The Morgan fingerprint density at radius 1 is 1.08 bits per heavy atom. The summed E-state index contributed by atoms with van der Waals surface area (Å²) in [5.41, 5.74) is 0. The van der Waals surface area contributed by atoms with E-state index in [9.17, 15) is 4.39 Å². The molecule has 12 heavy (non-hydrogen) atoms. The summed E-state index contributed by atoms with van der Waals surface area (Å²) in [5.74, 6) is 0. The van der Waals surface area contributed by atoms with E-state index in [-0.39, 0.29) is 6.42 Å². The summed E-state index contributed by atoms with van der Waals surface area (Å²) in [6, 6.07) is 0. The van der Waals surface area contributed by atoms with Gasteiger partial charge >= 0.3 is 0 Å². The largest absolute Gasteiger partial charge is 0.396 e. The van der Waals surface area contributed by atoms with E-state index in [1.54, 1.807) is 0 Å². The van der Waals surface area contributed by atoms with E-state index in [1.807, 2.05) is 0 Å². The molecule has 5 N–H and O–H groups in total. The predicted octanol–water partition coefficient (Wildman–Crippen LogP) is -2.26. The van der Waals surface area contributed by atoms with Gasteiger partial charge in [0.25, 0.3) is 0 Å². The van der Waals surface area contributed by atoms with Gasteiger partial charge in [0.2, 0.25) is 0 Å². The Hall–Kier alpha value is -0.270. The van der Waals surface area contributed by atoms with Crippen molar-refractivity contribution in [1.82, 2.24) is 0 Å². The summed E-state index contributed by atoms with van der Waals surface area (Å²) in [4.78, 5) is 0. The van der Waals surface area contributed by atoms with Gasteiger partial charge < -0.3 is 25.5 Å². The predicted molar refractivity (Wildman–Crippen MR) is 36.8 cm³/mol. The molecule has 3 unspecified atom stereocenters. The highest BCUT2D eigenvalue weighted by Gasteiger charge is 2.30. The van der Waals surface area contributed by atoms with Crippen molar-refractivity contribution >= 4 is 0 Å². The summed E-state index contributed by atoms with van der Waals surface area (Å²) in [7, 11) is 0. The number of hydrogen-bond acceptors (Lipinski definition) is 5. The van der Waals surface area contributed by atoms with Crippen LogP contribution < -0.4 is 0 Å². The van der Waals surface area contributed by atoms with Crippen LogP contribution >= 0.6 is 0 Å². The van der Waals surface area contributed by atoms with Crippen molar-refractivity contribution in [2.75, 3.05) is 6.61 Å². The third-order valence-corrected chi connectivity index (χ3v) is 1.43. The average molecular weight is 184 g/mol. The van der Waals surface area contributed by atoms with Crippen molar-refractivity contribution in [3.05, 3.63) is 0 Å². The van der Waals surface area contributed by atoms with Crippen LogP contribution in [0.4, 0.5) is 4.39 Å². The van der Waals surface area contributed by atoms with Gasteiger partial charge in [-0.2, -0.15) is 0 Å². The highest BCUT2D eigenvalue weighted by atomic mass is 19.1. The summed E-state index contributed by atoms with van der Waals surface area (Å²) in [5, 5.41) is 42.5. The smallest absolute Gasteiger partial charge is 0.186 e. The summed E-state index contributed by atoms with van der Waals surface area (Å²) >= 11 is 0. The zero-order chi connectivity index (χ0) is 9.72. The van der Waals surface area contributed by atoms with Crippen LogP contribution in [0, 0.1) is 0 Å². The first-order valence-electron chi connectivity index (χ1n) is 3.48. The Kier molecular flexibility index (Phi) is 5.27. The zero-order valence-electron chi connectivity index (χ0n) is 6.34. The van der Waals surface area contributed by atoms with Crippen LogP contribution in [0.15, 0.2) is 0 Å². The van der Waals surface area contributed by atoms with Crippen molar-refractivity contribution in [3.8, 4) is 0 Å². The Morgan fingerprint density at radius 3 is 1.92 bits per heavy atom. The van der Waals surface area contributed by atoms with Gasteiger partial charge in [-0.3, -0.25) is 0 Å². The number of alkyl halides is 1. The second-order valence-electron chi connectivity index (χ2n) is 2.43. The maximum atomic E-state index is 12.5. The zero-order valence-corrected chi connectivity index (χ0v) is 6.34. The van der Waals surface area contributed by atoms with E-state index in [2.05, 4.69) is 0 Å². The topological polar surface area (TPSA) is 101 Å². The number of rotatable bonds is 5. The van der Waals surface area contributed by atoms with E-state index in [1.165, 1.54) is 0 Å². The van der Waals surface area contributed by atoms with Crippen LogP contribution in [0.5, 0.6) is 0 Å². The highest BCUT2D eigenvalue weighted by molar-refractivity contribution is 4.76. The maximum absolute atomic E-state index is 12.5. The molecule has 0 bridgehead atoms. The quantitative estimate of drug-likeness (QED) is 0.310. The molecule has 5 nitrogen and oxygen atoms in total. The summed E-state index contributed by atoms with van der Waals surface area (Å²) in [6.07, 6.45) is -8.25. The van der Waals surface area contributed by atoms with Crippen LogP contribution in [-0.2, 0) is 0 Å². The van der Waals surface area contributed by atoms with Crippen molar-refractivity contribution < 1.29 is 29.9 Å².